The van der Waals surface area contributed by atoms with E-state index in [0.29, 0.717) is 4.32 Å². The third-order valence-electron chi connectivity index (χ3n) is 1.25. The summed E-state index contributed by atoms with van der Waals surface area (Å²) in [5.41, 5.74) is 0. The van der Waals surface area contributed by atoms with Gasteiger partial charge in [0.1, 0.15) is 9.57 Å². The standard InChI is InChI=1S/C7H12N2O3S2.Na/c1-9(2)7(13)14-4(6(11)12)3-5(8)10;/h4H,3H2,1-2H3,(H2,8,10)(H,11,12);/q;+1/p-1/t4-;/m0./s1. The Balaban J connectivity index is 0. The number of thiocarbonyl (C=S) groups is 1. The van der Waals surface area contributed by atoms with Gasteiger partial charge in [-0.05, 0) is 12.3 Å². The predicted molar refractivity (Wildman–Crippen MR) is 57.6 cm³/mol. The number of carboxylic acids is 1. The molecule has 1 atom stereocenters. The van der Waals surface area contributed by atoms with Crippen LogP contribution in [0.3, 0.4) is 0 Å². The summed E-state index contributed by atoms with van der Waals surface area (Å²) < 4.78 is 0.388. The summed E-state index contributed by atoms with van der Waals surface area (Å²) in [4.78, 5) is 12.2. The van der Waals surface area contributed by atoms with Gasteiger partial charge < -0.3 is 20.5 Å². The average Bonchev–Trinajstić information content (AvgIpc) is 2.01. The molecule has 0 heterocycles. The zero-order chi connectivity index (χ0) is 11.3. The van der Waals surface area contributed by atoms with Crippen LogP contribution in [0.25, 0.3) is 0 Å². The molecule has 0 fully saturated rings. The molecule has 0 saturated carbocycles. The Morgan fingerprint density at radius 2 is 2.13 bits per heavy atom. The normalized spacial score (nSPS) is 11.1. The fourth-order valence-electron chi connectivity index (χ4n) is 0.575. The third-order valence-corrected chi connectivity index (χ3v) is 3.13. The first-order chi connectivity index (χ1) is 6.34. The molecular weight excluding hydrogens is 247 g/mol. The Labute approximate surface area is 120 Å². The molecule has 0 amide bonds. The van der Waals surface area contributed by atoms with Gasteiger partial charge in [-0.2, -0.15) is 0 Å². The van der Waals surface area contributed by atoms with E-state index in [1.807, 2.05) is 0 Å². The Morgan fingerprint density at radius 3 is 2.40 bits per heavy atom. The van der Waals surface area contributed by atoms with Gasteiger partial charge in [0.15, 0.2) is 0 Å². The molecule has 0 aliphatic heterocycles. The molecule has 0 unspecified atom stereocenters. The molecule has 0 saturated heterocycles. The Morgan fingerprint density at radius 1 is 1.67 bits per heavy atom. The van der Waals surface area contributed by atoms with E-state index in [9.17, 15) is 9.90 Å². The molecule has 0 spiro atoms. The molecule has 5 nitrogen and oxygen atoms in total. The van der Waals surface area contributed by atoms with Crippen LogP contribution in [0.1, 0.15) is 6.42 Å². The monoisotopic (exact) mass is 258 g/mol. The van der Waals surface area contributed by atoms with Crippen LogP contribution in [0.15, 0.2) is 0 Å². The molecule has 8 heteroatoms. The quantitative estimate of drug-likeness (QED) is 0.238. The SMILES string of the molecule is CN(C)C(=S)S[C@@H](CC(=N)[O-])C(=O)O.[Na+]. The summed E-state index contributed by atoms with van der Waals surface area (Å²) in [5.74, 6) is -2.02. The fourth-order valence-corrected chi connectivity index (χ4v) is 1.71. The average molecular weight is 258 g/mol. The number of aliphatic carboxylic acids is 1. The third kappa shape index (κ3) is 8.04. The van der Waals surface area contributed by atoms with E-state index < -0.39 is 17.1 Å². The number of hydrogen-bond acceptors (Lipinski definition) is 5. The van der Waals surface area contributed by atoms with Gasteiger partial charge >= 0.3 is 35.5 Å². The first-order valence-corrected chi connectivity index (χ1v) is 4.98. The molecular formula is C7H11N2NaO3S2. The van der Waals surface area contributed by atoms with Crippen LogP contribution in [0.2, 0.25) is 0 Å². The van der Waals surface area contributed by atoms with E-state index in [1.54, 1.807) is 19.0 Å². The molecule has 0 aliphatic carbocycles. The minimum absolute atomic E-state index is 0. The maximum atomic E-state index is 10.7. The minimum atomic E-state index is -1.13. The molecule has 0 rings (SSSR count). The summed E-state index contributed by atoms with van der Waals surface area (Å²) in [5, 5.41) is 24.9. The van der Waals surface area contributed by atoms with Gasteiger partial charge in [0.2, 0.25) is 0 Å². The molecule has 0 radical (unpaired) electrons. The van der Waals surface area contributed by atoms with Gasteiger partial charge in [-0.3, -0.25) is 4.79 Å². The summed E-state index contributed by atoms with van der Waals surface area (Å²) in [6.45, 7) is 0. The van der Waals surface area contributed by atoms with E-state index >= 15 is 0 Å². The van der Waals surface area contributed by atoms with Crippen LogP contribution in [0, 0.1) is 5.41 Å². The smallest absolute Gasteiger partial charge is 0.862 e. The van der Waals surface area contributed by atoms with Crippen LogP contribution in [-0.4, -0.2) is 45.5 Å². The number of rotatable bonds is 4. The van der Waals surface area contributed by atoms with Crippen molar-refractivity contribution < 1.29 is 44.6 Å². The Hall–Kier alpha value is 0.180. The molecule has 0 bridgehead atoms. The van der Waals surface area contributed by atoms with Crippen molar-refractivity contribution in [1.29, 1.82) is 5.41 Å². The van der Waals surface area contributed by atoms with Gasteiger partial charge in [0.25, 0.3) is 0 Å². The van der Waals surface area contributed by atoms with Crippen LogP contribution < -0.4 is 34.7 Å². The summed E-state index contributed by atoms with van der Waals surface area (Å²) in [6.07, 6.45) is -0.325. The first kappa shape index (κ1) is 17.6. The van der Waals surface area contributed by atoms with Gasteiger partial charge in [0, 0.05) is 14.1 Å². The zero-order valence-corrected chi connectivity index (χ0v) is 12.4. The minimum Gasteiger partial charge on any atom is -0.862 e. The van der Waals surface area contributed by atoms with Gasteiger partial charge in [-0.1, -0.05) is 24.0 Å². The second-order valence-corrected chi connectivity index (χ2v) is 4.57. The van der Waals surface area contributed by atoms with Crippen LogP contribution in [-0.2, 0) is 4.79 Å². The van der Waals surface area contributed by atoms with E-state index in [2.05, 4.69) is 0 Å². The number of carboxylic acid groups (broad SMARTS) is 1. The van der Waals surface area contributed by atoms with Crippen molar-refractivity contribution in [2.75, 3.05) is 14.1 Å². The molecule has 0 aromatic heterocycles. The number of carbonyl (C=O) groups is 1. The van der Waals surface area contributed by atoms with E-state index in [1.165, 1.54) is 0 Å². The second kappa shape index (κ2) is 8.35. The molecule has 0 aliphatic rings. The van der Waals surface area contributed by atoms with Gasteiger partial charge in [0.05, 0.1) is 0 Å². The van der Waals surface area contributed by atoms with Crippen molar-refractivity contribution in [1.82, 2.24) is 4.90 Å². The summed E-state index contributed by atoms with van der Waals surface area (Å²) in [7, 11) is 3.38. The van der Waals surface area contributed by atoms with Crippen LogP contribution >= 0.6 is 24.0 Å². The maximum absolute atomic E-state index is 10.7. The van der Waals surface area contributed by atoms with Crippen molar-refractivity contribution in [2.45, 2.75) is 11.7 Å². The molecule has 0 aromatic rings. The van der Waals surface area contributed by atoms with E-state index in [0.717, 1.165) is 11.8 Å². The van der Waals surface area contributed by atoms with Crippen molar-refractivity contribution in [2.24, 2.45) is 0 Å². The zero-order valence-electron chi connectivity index (χ0n) is 8.81. The van der Waals surface area contributed by atoms with Gasteiger partial charge in [-0.25, -0.2) is 0 Å². The first-order valence-electron chi connectivity index (χ1n) is 3.69. The number of nitrogens with zero attached hydrogens (tertiary/aromatic N) is 1. The number of nitrogens with one attached hydrogen (secondary N) is 1. The van der Waals surface area contributed by atoms with Crippen molar-refractivity contribution in [3.05, 3.63) is 0 Å². The van der Waals surface area contributed by atoms with Crippen molar-refractivity contribution >= 4 is 40.2 Å². The second-order valence-electron chi connectivity index (χ2n) is 2.73. The summed E-state index contributed by atoms with van der Waals surface area (Å²) >= 11 is 5.79. The predicted octanol–water partition coefficient (Wildman–Crippen LogP) is -3.25. The molecule has 2 N–H and O–H groups in total. The Bertz CT molecular complexity index is 261. The van der Waals surface area contributed by atoms with Crippen molar-refractivity contribution in [3.63, 3.8) is 0 Å². The molecule has 15 heavy (non-hydrogen) atoms. The van der Waals surface area contributed by atoms with Crippen LogP contribution in [0.5, 0.6) is 0 Å². The summed E-state index contributed by atoms with van der Waals surface area (Å²) in [6, 6.07) is 0. The Kier molecular flexibility index (Phi) is 9.78. The fraction of sp³-hybridized carbons (Fsp3) is 0.571. The van der Waals surface area contributed by atoms with E-state index in [4.69, 9.17) is 22.7 Å². The van der Waals surface area contributed by atoms with Gasteiger partial charge in [-0.15, -0.1) is 0 Å². The molecule has 0 aromatic carbocycles. The van der Waals surface area contributed by atoms with Crippen LogP contribution in [0.4, 0.5) is 0 Å². The number of hydrogen-bond donors (Lipinski definition) is 2. The number of thioether (sulfide) groups is 1. The maximum Gasteiger partial charge on any atom is 1.00 e. The molecule has 80 valence electrons. The topological polar surface area (TPSA) is 87.5 Å². The van der Waals surface area contributed by atoms with E-state index in [-0.39, 0.29) is 36.0 Å². The largest absolute Gasteiger partial charge is 1.00 e. The van der Waals surface area contributed by atoms with Crippen molar-refractivity contribution in [3.8, 4) is 0 Å².